The lowest BCUT2D eigenvalue weighted by Gasteiger charge is -2.09. The zero-order valence-electron chi connectivity index (χ0n) is 14.7. The molecule has 1 amide bonds. The third-order valence-corrected chi connectivity index (χ3v) is 4.29. The Balaban J connectivity index is 1.77. The minimum atomic E-state index is -1.32. The van der Waals surface area contributed by atoms with Gasteiger partial charge in [0.15, 0.2) is 0 Å². The quantitative estimate of drug-likeness (QED) is 0.745. The summed E-state index contributed by atoms with van der Waals surface area (Å²) in [7, 11) is 0. The van der Waals surface area contributed by atoms with E-state index in [0.717, 1.165) is 11.1 Å². The van der Waals surface area contributed by atoms with Crippen LogP contribution in [0.25, 0.3) is 11.1 Å². The van der Waals surface area contributed by atoms with Crippen LogP contribution in [-0.2, 0) is 6.54 Å². The van der Waals surface area contributed by atoms with E-state index in [1.807, 2.05) is 30.3 Å². The molecule has 1 heterocycles. The predicted molar refractivity (Wildman–Crippen MR) is 102 cm³/mol. The Morgan fingerprint density at radius 3 is 2.30 bits per heavy atom. The van der Waals surface area contributed by atoms with Gasteiger partial charge in [-0.1, -0.05) is 42.5 Å². The van der Waals surface area contributed by atoms with Crippen molar-refractivity contribution in [3.05, 3.63) is 93.9 Å². The lowest BCUT2D eigenvalue weighted by atomic mass is 10.0. The second-order valence-corrected chi connectivity index (χ2v) is 6.06. The van der Waals surface area contributed by atoms with Crippen molar-refractivity contribution in [2.45, 2.75) is 13.5 Å². The molecule has 0 aliphatic carbocycles. The van der Waals surface area contributed by atoms with E-state index in [-0.39, 0.29) is 5.91 Å². The van der Waals surface area contributed by atoms with Crippen molar-refractivity contribution in [1.82, 2.24) is 9.88 Å². The average Bonchev–Trinajstić information content (AvgIpc) is 2.69. The van der Waals surface area contributed by atoms with Gasteiger partial charge in [-0.25, -0.2) is 9.36 Å². The standard InChI is InChI=1S/C21H18N2O4/c1-14-18(11-12-23(20(14)25)21(26)27)16-7-9-17(10-8-16)19(24)22-13-15-5-3-2-4-6-15/h2-12H,13H2,1H3,(H,22,24)(H,26,27). The topological polar surface area (TPSA) is 88.4 Å². The van der Waals surface area contributed by atoms with Gasteiger partial charge in [-0.15, -0.1) is 0 Å². The molecule has 3 aromatic rings. The number of carbonyl (C=O) groups excluding carboxylic acids is 1. The fourth-order valence-corrected chi connectivity index (χ4v) is 2.78. The summed E-state index contributed by atoms with van der Waals surface area (Å²) in [4.78, 5) is 35.4. The highest BCUT2D eigenvalue weighted by Gasteiger charge is 2.12. The molecule has 6 nitrogen and oxygen atoms in total. The zero-order chi connectivity index (χ0) is 19.4. The van der Waals surface area contributed by atoms with Gasteiger partial charge in [-0.2, -0.15) is 0 Å². The highest BCUT2D eigenvalue weighted by atomic mass is 16.4. The Morgan fingerprint density at radius 1 is 1.00 bits per heavy atom. The summed E-state index contributed by atoms with van der Waals surface area (Å²) in [6, 6.07) is 18.0. The molecule has 0 atom stereocenters. The second kappa shape index (κ2) is 7.70. The number of amides is 1. The highest BCUT2D eigenvalue weighted by molar-refractivity contribution is 5.94. The van der Waals surface area contributed by atoms with Crippen LogP contribution >= 0.6 is 0 Å². The maximum absolute atomic E-state index is 12.3. The summed E-state index contributed by atoms with van der Waals surface area (Å²) < 4.78 is 0.643. The highest BCUT2D eigenvalue weighted by Crippen LogP contribution is 2.21. The molecular formula is C21H18N2O4. The molecular weight excluding hydrogens is 344 g/mol. The molecule has 0 bridgehead atoms. The zero-order valence-corrected chi connectivity index (χ0v) is 14.7. The van der Waals surface area contributed by atoms with E-state index in [0.29, 0.717) is 27.8 Å². The van der Waals surface area contributed by atoms with Crippen LogP contribution < -0.4 is 10.9 Å². The van der Waals surface area contributed by atoms with Crippen molar-refractivity contribution in [2.24, 2.45) is 0 Å². The molecule has 0 spiro atoms. The van der Waals surface area contributed by atoms with Crippen molar-refractivity contribution in [1.29, 1.82) is 0 Å². The van der Waals surface area contributed by atoms with E-state index in [2.05, 4.69) is 5.32 Å². The number of nitrogens with one attached hydrogen (secondary N) is 1. The van der Waals surface area contributed by atoms with Crippen LogP contribution in [0.15, 0.2) is 71.7 Å². The predicted octanol–water partition coefficient (Wildman–Crippen LogP) is 3.28. The van der Waals surface area contributed by atoms with Gasteiger partial charge < -0.3 is 10.4 Å². The van der Waals surface area contributed by atoms with Crippen LogP contribution in [0.2, 0.25) is 0 Å². The normalized spacial score (nSPS) is 10.4. The minimum absolute atomic E-state index is 0.191. The van der Waals surface area contributed by atoms with Gasteiger partial charge in [-0.3, -0.25) is 9.59 Å². The summed E-state index contributed by atoms with van der Waals surface area (Å²) in [5.74, 6) is -0.191. The van der Waals surface area contributed by atoms with E-state index in [1.165, 1.54) is 6.20 Å². The molecule has 6 heteroatoms. The van der Waals surface area contributed by atoms with Crippen molar-refractivity contribution in [3.8, 4) is 11.1 Å². The van der Waals surface area contributed by atoms with Crippen LogP contribution in [0.3, 0.4) is 0 Å². The molecule has 0 aliphatic heterocycles. The summed E-state index contributed by atoms with van der Waals surface area (Å²) in [5, 5.41) is 11.9. The van der Waals surface area contributed by atoms with Gasteiger partial charge in [-0.05, 0) is 41.8 Å². The smallest absolute Gasteiger partial charge is 0.418 e. The molecule has 1 aromatic heterocycles. The maximum atomic E-state index is 12.3. The summed E-state index contributed by atoms with van der Waals surface area (Å²) >= 11 is 0. The number of hydrogen-bond donors (Lipinski definition) is 2. The molecule has 0 saturated heterocycles. The third-order valence-electron chi connectivity index (χ3n) is 4.29. The van der Waals surface area contributed by atoms with Crippen molar-refractivity contribution in [3.63, 3.8) is 0 Å². The lowest BCUT2D eigenvalue weighted by molar-refractivity contribution is 0.0951. The first kappa shape index (κ1) is 18.1. The Kier molecular flexibility index (Phi) is 5.17. The fourth-order valence-electron chi connectivity index (χ4n) is 2.78. The van der Waals surface area contributed by atoms with Crippen LogP contribution in [0, 0.1) is 6.92 Å². The summed E-state index contributed by atoms with van der Waals surface area (Å²) in [5.41, 5.74) is 2.64. The second-order valence-electron chi connectivity index (χ2n) is 6.06. The number of carbonyl (C=O) groups is 2. The molecule has 0 unspecified atom stereocenters. The Bertz CT molecular complexity index is 1040. The van der Waals surface area contributed by atoms with E-state index in [1.54, 1.807) is 37.3 Å². The number of carboxylic acid groups (broad SMARTS) is 1. The summed E-state index contributed by atoms with van der Waals surface area (Å²) in [6.45, 7) is 2.02. The first-order chi connectivity index (χ1) is 13.0. The Morgan fingerprint density at radius 2 is 1.67 bits per heavy atom. The number of pyridine rings is 1. The van der Waals surface area contributed by atoms with Gasteiger partial charge in [0, 0.05) is 23.9 Å². The number of benzene rings is 2. The van der Waals surface area contributed by atoms with Gasteiger partial charge >= 0.3 is 6.09 Å². The molecule has 0 saturated carbocycles. The third kappa shape index (κ3) is 3.95. The minimum Gasteiger partial charge on any atom is -0.464 e. The molecule has 0 fully saturated rings. The number of nitrogens with zero attached hydrogens (tertiary/aromatic N) is 1. The monoisotopic (exact) mass is 362 g/mol. The molecule has 136 valence electrons. The Hall–Kier alpha value is -3.67. The molecule has 0 aliphatic rings. The number of rotatable bonds is 4. The SMILES string of the molecule is Cc1c(-c2ccc(C(=O)NCc3ccccc3)cc2)ccn(C(=O)O)c1=O. The van der Waals surface area contributed by atoms with E-state index >= 15 is 0 Å². The van der Waals surface area contributed by atoms with E-state index in [9.17, 15) is 14.4 Å². The van der Waals surface area contributed by atoms with Gasteiger partial charge in [0.25, 0.3) is 11.5 Å². The first-order valence-electron chi connectivity index (χ1n) is 8.35. The van der Waals surface area contributed by atoms with E-state index in [4.69, 9.17) is 5.11 Å². The summed E-state index contributed by atoms with van der Waals surface area (Å²) in [6.07, 6.45) is -0.0897. The molecule has 27 heavy (non-hydrogen) atoms. The number of aromatic nitrogens is 1. The Labute approximate surface area is 155 Å². The van der Waals surface area contributed by atoms with Crippen molar-refractivity contribution >= 4 is 12.0 Å². The van der Waals surface area contributed by atoms with Crippen LogP contribution in [0.5, 0.6) is 0 Å². The molecule has 3 rings (SSSR count). The maximum Gasteiger partial charge on any atom is 0.418 e. The number of hydrogen-bond acceptors (Lipinski definition) is 3. The van der Waals surface area contributed by atoms with Crippen molar-refractivity contribution < 1.29 is 14.7 Å². The van der Waals surface area contributed by atoms with E-state index < -0.39 is 11.7 Å². The fraction of sp³-hybridized carbons (Fsp3) is 0.0952. The largest absolute Gasteiger partial charge is 0.464 e. The molecule has 2 aromatic carbocycles. The lowest BCUT2D eigenvalue weighted by Crippen LogP contribution is -2.27. The van der Waals surface area contributed by atoms with Crippen LogP contribution in [0.4, 0.5) is 4.79 Å². The van der Waals surface area contributed by atoms with Crippen LogP contribution in [-0.4, -0.2) is 21.7 Å². The van der Waals surface area contributed by atoms with Crippen LogP contribution in [0.1, 0.15) is 21.5 Å². The first-order valence-corrected chi connectivity index (χ1v) is 8.35. The van der Waals surface area contributed by atoms with Gasteiger partial charge in [0.05, 0.1) is 0 Å². The van der Waals surface area contributed by atoms with Crippen molar-refractivity contribution in [2.75, 3.05) is 0 Å². The molecule has 0 radical (unpaired) electrons. The average molecular weight is 362 g/mol. The molecule has 2 N–H and O–H groups in total. The van der Waals surface area contributed by atoms with Gasteiger partial charge in [0.1, 0.15) is 0 Å². The van der Waals surface area contributed by atoms with Gasteiger partial charge in [0.2, 0.25) is 0 Å².